The third-order valence-electron chi connectivity index (χ3n) is 2.79. The molecule has 1 aromatic rings. The van der Waals surface area contributed by atoms with Crippen molar-refractivity contribution in [3.63, 3.8) is 0 Å². The molecule has 4 nitrogen and oxygen atoms in total. The Hall–Kier alpha value is -2.05. The van der Waals surface area contributed by atoms with Crippen LogP contribution in [0, 0.1) is 5.41 Å². The maximum Gasteiger partial charge on any atom is 0.416 e. The largest absolute Gasteiger partial charge is 0.492 e. The Bertz CT molecular complexity index is 536. The van der Waals surface area contributed by atoms with Crippen LogP contribution in [0.4, 0.5) is 13.2 Å². The van der Waals surface area contributed by atoms with Crippen LogP contribution >= 0.6 is 0 Å². The van der Waals surface area contributed by atoms with Crippen LogP contribution in [0.3, 0.4) is 0 Å². The summed E-state index contributed by atoms with van der Waals surface area (Å²) in [7, 11) is 1.20. The summed E-state index contributed by atoms with van der Waals surface area (Å²) < 4.78 is 47.7. The van der Waals surface area contributed by atoms with Crippen molar-refractivity contribution in [2.45, 2.75) is 20.0 Å². The van der Waals surface area contributed by atoms with Gasteiger partial charge in [0.25, 0.3) is 0 Å². The van der Waals surface area contributed by atoms with Crippen molar-refractivity contribution in [1.82, 2.24) is 0 Å². The molecule has 0 radical (unpaired) electrons. The fourth-order valence-electron chi connectivity index (χ4n) is 1.53. The predicted molar refractivity (Wildman–Crippen MR) is 68.1 cm³/mol. The number of halogens is 3. The van der Waals surface area contributed by atoms with Gasteiger partial charge in [-0.05, 0) is 32.0 Å². The number of methoxy groups -OCH3 is 1. The Labute approximate surface area is 119 Å². The van der Waals surface area contributed by atoms with Gasteiger partial charge in [0.1, 0.15) is 12.4 Å². The average Bonchev–Trinajstić information content (AvgIpc) is 2.42. The van der Waals surface area contributed by atoms with Gasteiger partial charge in [-0.25, -0.2) is 0 Å². The van der Waals surface area contributed by atoms with E-state index in [0.29, 0.717) is 6.29 Å². The summed E-state index contributed by atoms with van der Waals surface area (Å²) in [5, 5.41) is 0. The van der Waals surface area contributed by atoms with Crippen molar-refractivity contribution in [3.05, 3.63) is 29.3 Å². The molecule has 0 aliphatic heterocycles. The number of hydrogen-bond donors (Lipinski definition) is 0. The minimum atomic E-state index is -4.54. The van der Waals surface area contributed by atoms with Gasteiger partial charge in [-0.2, -0.15) is 13.2 Å². The van der Waals surface area contributed by atoms with Crippen molar-refractivity contribution in [2.24, 2.45) is 5.41 Å². The number of aldehydes is 1. The molecule has 21 heavy (non-hydrogen) atoms. The van der Waals surface area contributed by atoms with Crippen molar-refractivity contribution in [3.8, 4) is 5.75 Å². The lowest BCUT2D eigenvalue weighted by Crippen LogP contribution is -2.32. The Balaban J connectivity index is 3.01. The van der Waals surface area contributed by atoms with E-state index in [1.165, 1.54) is 21.0 Å². The van der Waals surface area contributed by atoms with E-state index in [4.69, 9.17) is 4.74 Å². The number of hydrogen-bond acceptors (Lipinski definition) is 4. The molecule has 0 N–H and O–H groups in total. The summed E-state index contributed by atoms with van der Waals surface area (Å²) in [6.07, 6.45) is -4.15. The maximum atomic E-state index is 12.6. The lowest BCUT2D eigenvalue weighted by molar-refractivity contribution is -0.152. The van der Waals surface area contributed by atoms with E-state index in [0.717, 1.165) is 18.2 Å². The van der Waals surface area contributed by atoms with E-state index in [9.17, 15) is 22.8 Å². The molecule has 0 bridgehead atoms. The van der Waals surface area contributed by atoms with Crippen molar-refractivity contribution >= 4 is 12.3 Å². The van der Waals surface area contributed by atoms with Gasteiger partial charge in [0, 0.05) is 0 Å². The molecule has 0 heterocycles. The topological polar surface area (TPSA) is 52.6 Å². The Morgan fingerprint density at radius 3 is 2.38 bits per heavy atom. The highest BCUT2D eigenvalue weighted by Gasteiger charge is 2.33. The number of alkyl halides is 3. The third-order valence-corrected chi connectivity index (χ3v) is 2.79. The Morgan fingerprint density at radius 1 is 1.29 bits per heavy atom. The Kier molecular flexibility index (Phi) is 4.98. The standard InChI is InChI=1S/C14H15F3O4/c1-13(2,12(19)20-3)8-21-11-6-10(14(15,16)17)5-4-9(11)7-18/h4-7H,8H2,1-3H3. The van der Waals surface area contributed by atoms with Crippen LogP contribution in [0.5, 0.6) is 5.75 Å². The summed E-state index contributed by atoms with van der Waals surface area (Å²) in [6, 6.07) is 2.55. The number of esters is 1. The van der Waals surface area contributed by atoms with Crippen LogP contribution in [-0.2, 0) is 15.7 Å². The van der Waals surface area contributed by atoms with E-state index < -0.39 is 23.1 Å². The van der Waals surface area contributed by atoms with Crippen molar-refractivity contribution in [1.29, 1.82) is 0 Å². The van der Waals surface area contributed by atoms with Crippen LogP contribution in [0.2, 0.25) is 0 Å². The predicted octanol–water partition coefficient (Wildman–Crippen LogP) is 3.10. The number of carbonyl (C=O) groups is 2. The van der Waals surface area contributed by atoms with Gasteiger partial charge in [-0.1, -0.05) is 0 Å². The summed E-state index contributed by atoms with van der Waals surface area (Å²) in [6.45, 7) is 2.82. The fraction of sp³-hybridized carbons (Fsp3) is 0.429. The third kappa shape index (κ3) is 4.21. The van der Waals surface area contributed by atoms with Gasteiger partial charge in [-0.3, -0.25) is 9.59 Å². The molecule has 0 atom stereocenters. The van der Waals surface area contributed by atoms with E-state index in [-0.39, 0.29) is 17.9 Å². The highest BCUT2D eigenvalue weighted by molar-refractivity contribution is 5.79. The molecule has 0 amide bonds. The quantitative estimate of drug-likeness (QED) is 0.619. The molecule has 1 aromatic carbocycles. The van der Waals surface area contributed by atoms with Gasteiger partial charge in [-0.15, -0.1) is 0 Å². The van der Waals surface area contributed by atoms with Gasteiger partial charge in [0.15, 0.2) is 6.29 Å². The smallest absolute Gasteiger partial charge is 0.416 e. The average molecular weight is 304 g/mol. The number of rotatable bonds is 5. The normalized spacial score (nSPS) is 11.9. The lowest BCUT2D eigenvalue weighted by atomic mass is 9.95. The summed E-state index contributed by atoms with van der Waals surface area (Å²) in [5.74, 6) is -0.793. The first-order valence-corrected chi connectivity index (χ1v) is 5.99. The zero-order valence-corrected chi connectivity index (χ0v) is 11.8. The molecular formula is C14H15F3O4. The van der Waals surface area contributed by atoms with Gasteiger partial charge >= 0.3 is 12.1 Å². The summed E-state index contributed by atoms with van der Waals surface area (Å²) >= 11 is 0. The molecule has 1 rings (SSSR count). The molecule has 0 aliphatic carbocycles. The molecule has 0 aliphatic rings. The molecule has 0 unspecified atom stereocenters. The van der Waals surface area contributed by atoms with Gasteiger partial charge in [0.2, 0.25) is 0 Å². The molecular weight excluding hydrogens is 289 g/mol. The van der Waals surface area contributed by atoms with Crippen LogP contribution in [0.1, 0.15) is 29.8 Å². The number of carbonyl (C=O) groups excluding carboxylic acids is 2. The Morgan fingerprint density at radius 2 is 1.90 bits per heavy atom. The monoisotopic (exact) mass is 304 g/mol. The maximum absolute atomic E-state index is 12.6. The fourth-order valence-corrected chi connectivity index (χ4v) is 1.53. The zero-order valence-electron chi connectivity index (χ0n) is 11.8. The number of benzene rings is 1. The van der Waals surface area contributed by atoms with E-state index in [1.54, 1.807) is 0 Å². The molecule has 0 aromatic heterocycles. The first-order valence-electron chi connectivity index (χ1n) is 5.99. The van der Waals surface area contributed by atoms with E-state index in [2.05, 4.69) is 4.74 Å². The zero-order chi connectivity index (χ0) is 16.3. The molecule has 0 fully saturated rings. The van der Waals surface area contributed by atoms with Crippen LogP contribution in [0.25, 0.3) is 0 Å². The molecule has 0 spiro atoms. The minimum Gasteiger partial charge on any atom is -0.492 e. The van der Waals surface area contributed by atoms with Crippen LogP contribution < -0.4 is 4.74 Å². The second kappa shape index (κ2) is 6.15. The molecule has 7 heteroatoms. The SMILES string of the molecule is COC(=O)C(C)(C)COc1cc(C(F)(F)F)ccc1C=O. The second-order valence-electron chi connectivity index (χ2n) is 5.03. The van der Waals surface area contributed by atoms with E-state index >= 15 is 0 Å². The summed E-state index contributed by atoms with van der Waals surface area (Å²) in [5.41, 5.74) is -2.01. The van der Waals surface area contributed by atoms with Gasteiger partial charge < -0.3 is 9.47 Å². The highest BCUT2D eigenvalue weighted by atomic mass is 19.4. The van der Waals surface area contributed by atoms with Crippen LogP contribution in [0.15, 0.2) is 18.2 Å². The van der Waals surface area contributed by atoms with Crippen molar-refractivity contribution in [2.75, 3.05) is 13.7 Å². The molecule has 0 saturated carbocycles. The lowest BCUT2D eigenvalue weighted by Gasteiger charge is -2.22. The first kappa shape index (κ1) is 17.0. The molecule has 0 saturated heterocycles. The number of ether oxygens (including phenoxy) is 2. The van der Waals surface area contributed by atoms with Crippen LogP contribution in [-0.4, -0.2) is 26.0 Å². The van der Waals surface area contributed by atoms with Crippen molar-refractivity contribution < 1.29 is 32.2 Å². The highest BCUT2D eigenvalue weighted by Crippen LogP contribution is 2.33. The minimum absolute atomic E-state index is 0.0244. The molecule has 116 valence electrons. The van der Waals surface area contributed by atoms with Gasteiger partial charge in [0.05, 0.1) is 23.7 Å². The van der Waals surface area contributed by atoms with E-state index in [1.807, 2.05) is 0 Å². The first-order chi connectivity index (χ1) is 9.61. The second-order valence-corrected chi connectivity index (χ2v) is 5.03. The summed E-state index contributed by atoms with van der Waals surface area (Å²) in [4.78, 5) is 22.3.